The number of carbonyl (C=O) groups is 1. The Morgan fingerprint density at radius 3 is 2.92 bits per heavy atom. The van der Waals surface area contributed by atoms with Crippen LogP contribution in [0.15, 0.2) is 12.1 Å². The van der Waals surface area contributed by atoms with Crippen molar-refractivity contribution in [2.24, 2.45) is 0 Å². The van der Waals surface area contributed by atoms with E-state index < -0.39 is 0 Å². The molecule has 0 aliphatic carbocycles. The Labute approximate surface area is 147 Å². The van der Waals surface area contributed by atoms with Gasteiger partial charge in [-0.1, -0.05) is 0 Å². The average Bonchev–Trinajstić information content (AvgIpc) is 3.29. The number of ether oxygens (including phenoxy) is 1. The fraction of sp³-hybridized carbons (Fsp3) is 0.647. The minimum atomic E-state index is 0.00662. The molecule has 1 atom stereocenters. The van der Waals surface area contributed by atoms with Crippen molar-refractivity contribution in [1.29, 1.82) is 0 Å². The van der Waals surface area contributed by atoms with Crippen molar-refractivity contribution in [3.8, 4) is 0 Å². The fourth-order valence-electron chi connectivity index (χ4n) is 3.04. The lowest BCUT2D eigenvalue weighted by atomic mass is 10.2. The van der Waals surface area contributed by atoms with Crippen LogP contribution in [0.3, 0.4) is 0 Å². The van der Waals surface area contributed by atoms with Crippen molar-refractivity contribution in [3.63, 3.8) is 0 Å². The first-order valence-corrected chi connectivity index (χ1v) is 9.05. The molecule has 1 fully saturated rings. The van der Waals surface area contributed by atoms with Crippen molar-refractivity contribution < 1.29 is 9.53 Å². The summed E-state index contributed by atoms with van der Waals surface area (Å²) in [4.78, 5) is 14.2. The quantitative estimate of drug-likeness (QED) is 0.773. The first kappa shape index (κ1) is 17.6. The first-order chi connectivity index (χ1) is 12.2. The number of anilines is 1. The third kappa shape index (κ3) is 4.25. The number of amides is 1. The van der Waals surface area contributed by atoms with E-state index in [-0.39, 0.29) is 12.0 Å². The van der Waals surface area contributed by atoms with E-state index in [1.807, 2.05) is 12.1 Å². The van der Waals surface area contributed by atoms with Crippen LogP contribution in [0.2, 0.25) is 0 Å². The molecule has 1 aliphatic heterocycles. The lowest BCUT2D eigenvalue weighted by Crippen LogP contribution is -2.32. The molecule has 0 aromatic carbocycles. The van der Waals surface area contributed by atoms with Gasteiger partial charge in [-0.3, -0.25) is 4.79 Å². The van der Waals surface area contributed by atoms with Crippen molar-refractivity contribution in [2.45, 2.75) is 45.6 Å². The fourth-order valence-corrected chi connectivity index (χ4v) is 3.04. The van der Waals surface area contributed by atoms with Crippen LogP contribution in [0, 0.1) is 0 Å². The van der Waals surface area contributed by atoms with Gasteiger partial charge >= 0.3 is 0 Å². The molecule has 0 unspecified atom stereocenters. The van der Waals surface area contributed by atoms with Gasteiger partial charge in [0, 0.05) is 39.1 Å². The highest BCUT2D eigenvalue weighted by Crippen LogP contribution is 2.13. The second kappa shape index (κ2) is 8.24. The number of hydrogen-bond donors (Lipinski definition) is 1. The van der Waals surface area contributed by atoms with Gasteiger partial charge in [0.05, 0.1) is 6.10 Å². The van der Waals surface area contributed by atoms with E-state index >= 15 is 0 Å². The van der Waals surface area contributed by atoms with Gasteiger partial charge in [-0.25, -0.2) is 0 Å². The summed E-state index contributed by atoms with van der Waals surface area (Å²) in [5.74, 6) is 1.60. The number of aryl methyl sites for hydroxylation is 1. The van der Waals surface area contributed by atoms with Crippen LogP contribution in [-0.2, 0) is 16.0 Å². The van der Waals surface area contributed by atoms with E-state index in [4.69, 9.17) is 4.74 Å². The number of fused-ring (bicyclic) bond motifs is 1. The maximum atomic E-state index is 12.0. The van der Waals surface area contributed by atoms with E-state index in [2.05, 4.69) is 39.4 Å². The van der Waals surface area contributed by atoms with Crippen LogP contribution in [0.25, 0.3) is 5.65 Å². The smallest absolute Gasteiger partial charge is 0.220 e. The van der Waals surface area contributed by atoms with Crippen LogP contribution in [0.4, 0.5) is 5.82 Å². The Bertz CT molecular complexity index is 706. The predicted molar refractivity (Wildman–Crippen MR) is 94.6 cm³/mol. The van der Waals surface area contributed by atoms with Crippen molar-refractivity contribution in [3.05, 3.63) is 18.0 Å². The molecular formula is C17H26N6O2. The number of nitrogens with one attached hydrogen (secondary N) is 1. The topological polar surface area (TPSA) is 84.7 Å². The van der Waals surface area contributed by atoms with Crippen LogP contribution in [0.5, 0.6) is 0 Å². The highest BCUT2D eigenvalue weighted by Gasteiger charge is 2.17. The van der Waals surface area contributed by atoms with Crippen LogP contribution in [-0.4, -0.2) is 58.1 Å². The van der Waals surface area contributed by atoms with Crippen LogP contribution >= 0.6 is 0 Å². The molecule has 1 amide bonds. The molecule has 3 rings (SSSR count). The molecular weight excluding hydrogens is 320 g/mol. The molecule has 0 spiro atoms. The second-order valence-corrected chi connectivity index (χ2v) is 6.19. The van der Waals surface area contributed by atoms with E-state index in [1.165, 1.54) is 0 Å². The summed E-state index contributed by atoms with van der Waals surface area (Å²) >= 11 is 0. The van der Waals surface area contributed by atoms with Crippen LogP contribution < -0.4 is 10.2 Å². The summed E-state index contributed by atoms with van der Waals surface area (Å²) in [6.45, 7) is 7.36. The molecule has 1 saturated heterocycles. The van der Waals surface area contributed by atoms with Gasteiger partial charge in [-0.2, -0.15) is 4.52 Å². The number of carbonyl (C=O) groups excluding carboxylic acids is 1. The number of nitrogens with zero attached hydrogens (tertiary/aromatic N) is 5. The summed E-state index contributed by atoms with van der Waals surface area (Å²) in [6.07, 6.45) is 3.13. The maximum Gasteiger partial charge on any atom is 0.220 e. The number of hydrogen-bond acceptors (Lipinski definition) is 6. The molecule has 25 heavy (non-hydrogen) atoms. The zero-order valence-electron chi connectivity index (χ0n) is 14.9. The van der Waals surface area contributed by atoms with Gasteiger partial charge in [-0.05, 0) is 38.8 Å². The summed E-state index contributed by atoms with van der Waals surface area (Å²) in [5, 5.41) is 15.9. The predicted octanol–water partition coefficient (Wildman–Crippen LogP) is 1.20. The minimum Gasteiger partial charge on any atom is -0.376 e. The Balaban J connectivity index is 1.60. The van der Waals surface area contributed by atoms with Gasteiger partial charge in [-0.15, -0.1) is 15.3 Å². The molecule has 8 heteroatoms. The highest BCUT2D eigenvalue weighted by atomic mass is 16.5. The molecule has 136 valence electrons. The third-order valence-corrected chi connectivity index (χ3v) is 4.53. The summed E-state index contributed by atoms with van der Waals surface area (Å²) < 4.78 is 7.25. The molecule has 8 nitrogen and oxygen atoms in total. The van der Waals surface area contributed by atoms with E-state index in [1.54, 1.807) is 4.52 Å². The first-order valence-electron chi connectivity index (χ1n) is 9.05. The zero-order chi connectivity index (χ0) is 17.6. The second-order valence-electron chi connectivity index (χ2n) is 6.19. The van der Waals surface area contributed by atoms with Gasteiger partial charge in [0.1, 0.15) is 5.82 Å². The van der Waals surface area contributed by atoms with E-state index in [9.17, 15) is 4.79 Å². The largest absolute Gasteiger partial charge is 0.376 e. The minimum absolute atomic E-state index is 0.00662. The number of aromatic nitrogens is 4. The van der Waals surface area contributed by atoms with Gasteiger partial charge in [0.2, 0.25) is 5.91 Å². The Kier molecular flexibility index (Phi) is 5.80. The van der Waals surface area contributed by atoms with Gasteiger partial charge in [0.15, 0.2) is 11.5 Å². The SMILES string of the molecule is CCN(CC)c1ccc2nnc(CCC(=O)NC[C@H]3CCCO3)n2n1. The average molecular weight is 346 g/mol. The summed E-state index contributed by atoms with van der Waals surface area (Å²) in [7, 11) is 0. The molecule has 0 radical (unpaired) electrons. The maximum absolute atomic E-state index is 12.0. The Hall–Kier alpha value is -2.22. The molecule has 2 aromatic heterocycles. The zero-order valence-corrected chi connectivity index (χ0v) is 14.9. The van der Waals surface area contributed by atoms with Crippen molar-refractivity contribution in [2.75, 3.05) is 31.1 Å². The van der Waals surface area contributed by atoms with Gasteiger partial charge in [0.25, 0.3) is 0 Å². The Morgan fingerprint density at radius 1 is 1.36 bits per heavy atom. The monoisotopic (exact) mass is 346 g/mol. The van der Waals surface area contributed by atoms with Crippen molar-refractivity contribution in [1.82, 2.24) is 25.1 Å². The highest BCUT2D eigenvalue weighted by molar-refractivity contribution is 5.76. The van der Waals surface area contributed by atoms with Crippen molar-refractivity contribution >= 4 is 17.4 Å². The molecule has 3 heterocycles. The standard InChI is InChI=1S/C17H26N6O2/c1-3-22(4-2)16-8-7-14-19-20-15(23(14)21-16)9-10-17(24)18-12-13-6-5-11-25-13/h7-8,13H,3-6,9-12H2,1-2H3,(H,18,24)/t13-/m1/s1. The molecule has 1 N–H and O–H groups in total. The van der Waals surface area contributed by atoms with Crippen LogP contribution in [0.1, 0.15) is 38.9 Å². The lowest BCUT2D eigenvalue weighted by molar-refractivity contribution is -0.121. The van der Waals surface area contributed by atoms with Gasteiger partial charge < -0.3 is 15.0 Å². The normalized spacial score (nSPS) is 17.1. The van der Waals surface area contributed by atoms with E-state index in [0.717, 1.165) is 38.4 Å². The Morgan fingerprint density at radius 2 is 2.20 bits per heavy atom. The lowest BCUT2D eigenvalue weighted by Gasteiger charge is -2.19. The van der Waals surface area contributed by atoms with E-state index in [0.29, 0.717) is 30.9 Å². The summed E-state index contributed by atoms with van der Waals surface area (Å²) in [6, 6.07) is 3.86. The summed E-state index contributed by atoms with van der Waals surface area (Å²) in [5.41, 5.74) is 0.700. The molecule has 1 aliphatic rings. The third-order valence-electron chi connectivity index (χ3n) is 4.53. The number of rotatable bonds is 8. The molecule has 2 aromatic rings. The molecule has 0 bridgehead atoms. The molecule has 0 saturated carbocycles.